The minimum atomic E-state index is -0.296. The molecule has 1 amide bonds. The number of ether oxygens (including phenoxy) is 1. The van der Waals surface area contributed by atoms with Gasteiger partial charge in [0.25, 0.3) is 5.91 Å². The highest BCUT2D eigenvalue weighted by atomic mass is 16.5. The minimum absolute atomic E-state index is 0.0682. The SMILES string of the molecule is CCc1nc([C@H](C)N(C(=O)[C@H]2CCCCO2)C2CC2)cc2c1c(C)cn2CCCCO. The topological polar surface area (TPSA) is 67.6 Å². The molecule has 4 rings (SSSR count). The van der Waals surface area contributed by atoms with E-state index < -0.39 is 0 Å². The van der Waals surface area contributed by atoms with Crippen molar-refractivity contribution in [3.8, 4) is 0 Å². The van der Waals surface area contributed by atoms with Gasteiger partial charge < -0.3 is 19.3 Å². The quantitative estimate of drug-likeness (QED) is 0.606. The monoisotopic (exact) mass is 427 g/mol. The number of pyridine rings is 1. The second-order valence-corrected chi connectivity index (χ2v) is 9.19. The van der Waals surface area contributed by atoms with E-state index in [1.54, 1.807) is 0 Å². The molecule has 2 aromatic heterocycles. The van der Waals surface area contributed by atoms with Gasteiger partial charge in [0, 0.05) is 37.4 Å². The Labute approximate surface area is 185 Å². The fraction of sp³-hybridized carbons (Fsp3) is 0.680. The number of fused-ring (bicyclic) bond motifs is 1. The molecular weight excluding hydrogens is 390 g/mol. The van der Waals surface area contributed by atoms with Crippen LogP contribution in [0.1, 0.15) is 81.8 Å². The molecule has 2 fully saturated rings. The maximum atomic E-state index is 13.4. The lowest BCUT2D eigenvalue weighted by molar-refractivity contribution is -0.149. The Balaban J connectivity index is 1.67. The van der Waals surface area contributed by atoms with Crippen molar-refractivity contribution in [2.24, 2.45) is 0 Å². The van der Waals surface area contributed by atoms with Gasteiger partial charge in [-0.15, -0.1) is 0 Å². The van der Waals surface area contributed by atoms with Crippen LogP contribution in [0.3, 0.4) is 0 Å². The number of amides is 1. The Morgan fingerprint density at radius 1 is 1.32 bits per heavy atom. The summed E-state index contributed by atoms with van der Waals surface area (Å²) in [6.07, 6.45) is 9.61. The summed E-state index contributed by atoms with van der Waals surface area (Å²) in [6, 6.07) is 2.44. The lowest BCUT2D eigenvalue weighted by Crippen LogP contribution is -2.44. The number of aliphatic hydroxyl groups is 1. The molecule has 1 saturated carbocycles. The first-order chi connectivity index (χ1) is 15.0. The summed E-state index contributed by atoms with van der Waals surface area (Å²) in [5.41, 5.74) is 4.52. The van der Waals surface area contributed by atoms with Gasteiger partial charge in [0.2, 0.25) is 0 Å². The summed E-state index contributed by atoms with van der Waals surface area (Å²) >= 11 is 0. The molecule has 0 aromatic carbocycles. The van der Waals surface area contributed by atoms with Crippen molar-refractivity contribution >= 4 is 16.8 Å². The van der Waals surface area contributed by atoms with Gasteiger partial charge in [-0.3, -0.25) is 9.78 Å². The molecule has 2 atom stereocenters. The molecule has 31 heavy (non-hydrogen) atoms. The van der Waals surface area contributed by atoms with Crippen LogP contribution in [0.15, 0.2) is 12.3 Å². The van der Waals surface area contributed by atoms with E-state index in [2.05, 4.69) is 42.5 Å². The summed E-state index contributed by atoms with van der Waals surface area (Å²) in [5, 5.41) is 10.4. The molecule has 0 bridgehead atoms. The number of rotatable bonds is 9. The van der Waals surface area contributed by atoms with Crippen LogP contribution in [-0.2, 0) is 22.5 Å². The molecule has 2 aromatic rings. The number of carbonyl (C=O) groups is 1. The highest BCUT2D eigenvalue weighted by molar-refractivity contribution is 5.87. The van der Waals surface area contributed by atoms with E-state index in [-0.39, 0.29) is 24.7 Å². The summed E-state index contributed by atoms with van der Waals surface area (Å²) in [5.74, 6) is 0.143. The second-order valence-electron chi connectivity index (χ2n) is 9.19. The van der Waals surface area contributed by atoms with Crippen molar-refractivity contribution in [1.29, 1.82) is 0 Å². The molecule has 0 radical (unpaired) electrons. The van der Waals surface area contributed by atoms with Crippen molar-refractivity contribution in [2.75, 3.05) is 13.2 Å². The van der Waals surface area contributed by atoms with Gasteiger partial charge in [0.1, 0.15) is 6.10 Å². The first-order valence-corrected chi connectivity index (χ1v) is 12.1. The van der Waals surface area contributed by atoms with E-state index in [4.69, 9.17) is 9.72 Å². The molecule has 6 nitrogen and oxygen atoms in total. The number of aliphatic hydroxyl groups excluding tert-OH is 1. The molecule has 1 N–H and O–H groups in total. The zero-order chi connectivity index (χ0) is 22.0. The zero-order valence-corrected chi connectivity index (χ0v) is 19.3. The summed E-state index contributed by atoms with van der Waals surface area (Å²) in [6.45, 7) is 8.22. The smallest absolute Gasteiger partial charge is 0.252 e. The van der Waals surface area contributed by atoms with Crippen LogP contribution in [0.2, 0.25) is 0 Å². The van der Waals surface area contributed by atoms with Gasteiger partial charge in [-0.1, -0.05) is 6.92 Å². The lowest BCUT2D eigenvalue weighted by Gasteiger charge is -2.34. The van der Waals surface area contributed by atoms with Crippen LogP contribution in [0.4, 0.5) is 0 Å². The van der Waals surface area contributed by atoms with Crippen molar-refractivity contribution < 1.29 is 14.6 Å². The highest BCUT2D eigenvalue weighted by Crippen LogP contribution is 2.37. The average molecular weight is 428 g/mol. The predicted molar refractivity (Wildman–Crippen MR) is 122 cm³/mol. The molecule has 1 aliphatic heterocycles. The summed E-state index contributed by atoms with van der Waals surface area (Å²) in [7, 11) is 0. The minimum Gasteiger partial charge on any atom is -0.396 e. The second kappa shape index (κ2) is 9.70. The van der Waals surface area contributed by atoms with Crippen LogP contribution in [0.5, 0.6) is 0 Å². The van der Waals surface area contributed by atoms with Crippen LogP contribution >= 0.6 is 0 Å². The Bertz CT molecular complexity index is 912. The van der Waals surface area contributed by atoms with Crippen molar-refractivity contribution in [2.45, 2.75) is 96.9 Å². The number of hydrogen-bond acceptors (Lipinski definition) is 4. The molecule has 2 aliphatic rings. The average Bonchev–Trinajstić information content (AvgIpc) is 3.57. The zero-order valence-electron chi connectivity index (χ0n) is 19.3. The van der Waals surface area contributed by atoms with Crippen LogP contribution in [0, 0.1) is 6.92 Å². The molecule has 0 unspecified atom stereocenters. The number of aryl methyl sites for hydroxylation is 3. The van der Waals surface area contributed by atoms with Crippen LogP contribution in [0.25, 0.3) is 10.9 Å². The highest BCUT2D eigenvalue weighted by Gasteiger charge is 2.40. The number of aromatic nitrogens is 2. The van der Waals surface area contributed by atoms with Crippen LogP contribution in [-0.4, -0.2) is 50.8 Å². The van der Waals surface area contributed by atoms with Gasteiger partial charge >= 0.3 is 0 Å². The van der Waals surface area contributed by atoms with E-state index in [1.807, 2.05) is 0 Å². The van der Waals surface area contributed by atoms with E-state index in [1.165, 1.54) is 16.5 Å². The van der Waals surface area contributed by atoms with E-state index >= 15 is 0 Å². The van der Waals surface area contributed by atoms with Gasteiger partial charge in [-0.05, 0) is 76.8 Å². The third-order valence-corrected chi connectivity index (χ3v) is 6.78. The number of carbonyl (C=O) groups excluding carboxylic acids is 1. The number of nitrogens with zero attached hydrogens (tertiary/aromatic N) is 3. The van der Waals surface area contributed by atoms with Crippen molar-refractivity contribution in [3.05, 3.63) is 29.2 Å². The summed E-state index contributed by atoms with van der Waals surface area (Å²) < 4.78 is 8.14. The summed E-state index contributed by atoms with van der Waals surface area (Å²) in [4.78, 5) is 20.5. The van der Waals surface area contributed by atoms with E-state index in [0.717, 1.165) is 69.3 Å². The van der Waals surface area contributed by atoms with E-state index in [9.17, 15) is 9.90 Å². The standard InChI is InChI=1S/C25H37N3O3/c1-4-20-24-17(2)16-27(12-6-7-13-29)22(24)15-21(26-20)18(3)28(19-10-11-19)25(30)23-9-5-8-14-31-23/h15-16,18-19,23,29H,4-14H2,1-3H3/t18-,23+/m0/s1. The Morgan fingerprint density at radius 2 is 2.13 bits per heavy atom. The predicted octanol–water partition coefficient (Wildman–Crippen LogP) is 4.30. The molecule has 0 spiro atoms. The third-order valence-electron chi connectivity index (χ3n) is 6.78. The van der Waals surface area contributed by atoms with Gasteiger partial charge in [-0.2, -0.15) is 0 Å². The van der Waals surface area contributed by atoms with Gasteiger partial charge in [0.15, 0.2) is 0 Å². The van der Waals surface area contributed by atoms with Crippen molar-refractivity contribution in [1.82, 2.24) is 14.5 Å². The lowest BCUT2D eigenvalue weighted by atomic mass is 10.0. The number of unbranched alkanes of at least 4 members (excludes halogenated alkanes) is 1. The number of hydrogen-bond donors (Lipinski definition) is 1. The first kappa shape index (κ1) is 22.3. The normalized spacial score (nSPS) is 20.2. The van der Waals surface area contributed by atoms with E-state index in [0.29, 0.717) is 12.6 Å². The first-order valence-electron chi connectivity index (χ1n) is 12.1. The van der Waals surface area contributed by atoms with Gasteiger partial charge in [-0.25, -0.2) is 0 Å². The maximum absolute atomic E-state index is 13.4. The fourth-order valence-corrected chi connectivity index (χ4v) is 4.96. The Kier molecular flexibility index (Phi) is 6.97. The molecule has 3 heterocycles. The maximum Gasteiger partial charge on any atom is 0.252 e. The van der Waals surface area contributed by atoms with Gasteiger partial charge in [0.05, 0.1) is 22.9 Å². The molecule has 1 saturated heterocycles. The Hall–Kier alpha value is -1.92. The fourth-order valence-electron chi connectivity index (χ4n) is 4.96. The largest absolute Gasteiger partial charge is 0.396 e. The van der Waals surface area contributed by atoms with Crippen LogP contribution < -0.4 is 0 Å². The molecule has 1 aliphatic carbocycles. The molecular formula is C25H37N3O3. The molecule has 170 valence electrons. The van der Waals surface area contributed by atoms with Crippen molar-refractivity contribution in [3.63, 3.8) is 0 Å². The third kappa shape index (κ3) is 4.65. The Morgan fingerprint density at radius 3 is 2.77 bits per heavy atom. The molecule has 6 heteroatoms.